The molecule has 0 amide bonds. The highest BCUT2D eigenvalue weighted by atomic mass is 32.1. The van der Waals surface area contributed by atoms with Crippen molar-refractivity contribution in [2.45, 2.75) is 0 Å². The van der Waals surface area contributed by atoms with Crippen LogP contribution in [0.2, 0.25) is 0 Å². The number of thiophene rings is 2. The number of hydrogen-bond donors (Lipinski definition) is 0. The lowest BCUT2D eigenvalue weighted by Gasteiger charge is -2.45. The van der Waals surface area contributed by atoms with Crippen molar-refractivity contribution in [3.63, 3.8) is 0 Å². The predicted octanol–water partition coefficient (Wildman–Crippen LogP) is 11.2. The third-order valence-electron chi connectivity index (χ3n) is 13.5. The standard InChI is InChI=1S/C54H30B2N2O2S2/c1-3-15-31(16-4-1)57-39-23-11-9-21-35(39)55-37-27-38-43(59-44-30-48-50(34-20-8-14-26-46(34)62-48)54-52(44)56(38)36-22-10-12-24-42(36)60-54)28-40(37)58(32-17-5-2-6-18-32)53-49-33-19-7-13-25-45(33)61-47(49)29-41(57)51(53)55/h1-30H. The number of anilines is 6. The number of para-hydroxylation sites is 4. The Kier molecular flexibility index (Phi) is 6.58. The van der Waals surface area contributed by atoms with Gasteiger partial charge >= 0.3 is 0 Å². The summed E-state index contributed by atoms with van der Waals surface area (Å²) in [6.07, 6.45) is 0. The van der Waals surface area contributed by atoms with Gasteiger partial charge in [-0.25, -0.2) is 0 Å². The fraction of sp³-hybridized carbons (Fsp3) is 0. The van der Waals surface area contributed by atoms with Crippen LogP contribution in [-0.4, -0.2) is 13.4 Å². The van der Waals surface area contributed by atoms with Crippen molar-refractivity contribution in [2.75, 3.05) is 9.80 Å². The molecule has 0 bridgehead atoms. The molecule has 8 heteroatoms. The van der Waals surface area contributed by atoms with Crippen molar-refractivity contribution in [3.8, 4) is 23.0 Å². The van der Waals surface area contributed by atoms with Crippen LogP contribution in [0.4, 0.5) is 34.1 Å². The second-order valence-corrected chi connectivity index (χ2v) is 18.8. The molecular formula is C54H30B2N2O2S2. The monoisotopic (exact) mass is 824 g/mol. The quantitative estimate of drug-likeness (QED) is 0.162. The Labute approximate surface area is 365 Å². The highest BCUT2D eigenvalue weighted by Gasteiger charge is 2.48. The van der Waals surface area contributed by atoms with Gasteiger partial charge in [-0.05, 0) is 88.0 Å². The summed E-state index contributed by atoms with van der Waals surface area (Å²) >= 11 is 3.68. The molecule has 0 N–H and O–H groups in total. The molecular weight excluding hydrogens is 794 g/mol. The summed E-state index contributed by atoms with van der Waals surface area (Å²) in [5, 5.41) is 4.95. The van der Waals surface area contributed by atoms with E-state index in [9.17, 15) is 0 Å². The van der Waals surface area contributed by atoms with Crippen LogP contribution in [-0.2, 0) is 0 Å². The third-order valence-corrected chi connectivity index (χ3v) is 15.8. The molecule has 0 radical (unpaired) electrons. The normalized spacial score (nSPS) is 13.9. The second kappa shape index (κ2) is 12.2. The van der Waals surface area contributed by atoms with E-state index < -0.39 is 0 Å². The molecule has 11 aromatic rings. The van der Waals surface area contributed by atoms with Crippen LogP contribution in [0.3, 0.4) is 0 Å². The van der Waals surface area contributed by atoms with Crippen molar-refractivity contribution >= 4 is 143 Å². The Morgan fingerprint density at radius 1 is 0.371 bits per heavy atom. The van der Waals surface area contributed by atoms with Gasteiger partial charge in [-0.1, -0.05) is 115 Å². The van der Waals surface area contributed by atoms with Gasteiger partial charge in [-0.3, -0.25) is 0 Å². The molecule has 286 valence electrons. The minimum absolute atomic E-state index is 0.0567. The molecule has 15 rings (SSSR count). The van der Waals surface area contributed by atoms with Gasteiger partial charge in [-0.15, -0.1) is 22.7 Å². The maximum absolute atomic E-state index is 7.27. The van der Waals surface area contributed by atoms with Crippen LogP contribution in [0.5, 0.6) is 23.0 Å². The van der Waals surface area contributed by atoms with Gasteiger partial charge in [-0.2, -0.15) is 0 Å². The van der Waals surface area contributed by atoms with Crippen LogP contribution in [0.1, 0.15) is 0 Å². The molecule has 0 atom stereocenters. The highest BCUT2D eigenvalue weighted by Crippen LogP contribution is 2.52. The van der Waals surface area contributed by atoms with E-state index in [1.165, 1.54) is 68.4 Å². The maximum Gasteiger partial charge on any atom is 0.260 e. The van der Waals surface area contributed by atoms with E-state index in [1.54, 1.807) is 11.3 Å². The lowest BCUT2D eigenvalue weighted by molar-refractivity contribution is 0.469. The first-order valence-electron chi connectivity index (χ1n) is 21.1. The Hall–Kier alpha value is -7.25. The van der Waals surface area contributed by atoms with Crippen molar-refractivity contribution in [1.82, 2.24) is 0 Å². The van der Waals surface area contributed by atoms with Crippen molar-refractivity contribution < 1.29 is 9.47 Å². The molecule has 0 spiro atoms. The summed E-state index contributed by atoms with van der Waals surface area (Å²) in [5.41, 5.74) is 14.3. The molecule has 0 fully saturated rings. The van der Waals surface area contributed by atoms with Crippen LogP contribution in [0.25, 0.3) is 40.3 Å². The lowest BCUT2D eigenvalue weighted by atomic mass is 9.30. The zero-order valence-electron chi connectivity index (χ0n) is 33.0. The molecule has 0 saturated heterocycles. The number of nitrogens with zero attached hydrogens (tertiary/aromatic N) is 2. The first-order valence-corrected chi connectivity index (χ1v) is 22.8. The fourth-order valence-electron chi connectivity index (χ4n) is 11.1. The van der Waals surface area contributed by atoms with E-state index >= 15 is 0 Å². The summed E-state index contributed by atoms with van der Waals surface area (Å²) in [6.45, 7) is -0.144. The summed E-state index contributed by atoms with van der Waals surface area (Å²) in [5.74, 6) is 3.56. The van der Waals surface area contributed by atoms with E-state index in [4.69, 9.17) is 9.47 Å². The Bertz CT molecular complexity index is 3750. The maximum atomic E-state index is 7.27. The Balaban J connectivity index is 1.08. The molecule has 0 saturated carbocycles. The number of rotatable bonds is 2. The minimum atomic E-state index is -0.0870. The van der Waals surface area contributed by atoms with Crippen molar-refractivity contribution in [1.29, 1.82) is 0 Å². The smallest absolute Gasteiger partial charge is 0.260 e. The van der Waals surface area contributed by atoms with E-state index in [1.807, 2.05) is 11.3 Å². The molecule has 0 aliphatic carbocycles. The van der Waals surface area contributed by atoms with Gasteiger partial charge in [0.05, 0.1) is 5.69 Å². The Morgan fingerprint density at radius 3 is 1.76 bits per heavy atom. The lowest BCUT2D eigenvalue weighted by Crippen LogP contribution is -2.63. The van der Waals surface area contributed by atoms with E-state index in [-0.39, 0.29) is 13.4 Å². The third kappa shape index (κ3) is 4.32. The average Bonchev–Trinajstić information content (AvgIpc) is 3.89. The average molecular weight is 825 g/mol. The molecule has 0 unspecified atom stereocenters. The number of ether oxygens (including phenoxy) is 2. The van der Waals surface area contributed by atoms with E-state index in [2.05, 4.69) is 192 Å². The molecule has 4 nitrogen and oxygen atoms in total. The van der Waals surface area contributed by atoms with Crippen LogP contribution >= 0.6 is 22.7 Å². The number of hydrogen-bond acceptors (Lipinski definition) is 6. The number of benzene rings is 9. The van der Waals surface area contributed by atoms with E-state index in [0.717, 1.165) is 61.8 Å². The zero-order valence-corrected chi connectivity index (χ0v) is 34.6. The highest BCUT2D eigenvalue weighted by molar-refractivity contribution is 7.26. The molecule has 4 aliphatic heterocycles. The molecule has 6 heterocycles. The zero-order chi connectivity index (χ0) is 40.2. The molecule has 9 aromatic carbocycles. The first kappa shape index (κ1) is 33.5. The minimum Gasteiger partial charge on any atom is -0.458 e. The van der Waals surface area contributed by atoms with Crippen LogP contribution in [0.15, 0.2) is 182 Å². The van der Waals surface area contributed by atoms with Crippen molar-refractivity contribution in [2.24, 2.45) is 0 Å². The van der Waals surface area contributed by atoms with Gasteiger partial charge in [0.15, 0.2) is 0 Å². The van der Waals surface area contributed by atoms with Gasteiger partial charge in [0.2, 0.25) is 0 Å². The number of fused-ring (bicyclic) bond motifs is 16. The van der Waals surface area contributed by atoms with Crippen LogP contribution in [0, 0.1) is 0 Å². The van der Waals surface area contributed by atoms with E-state index in [0.29, 0.717) is 0 Å². The second-order valence-electron chi connectivity index (χ2n) is 16.7. The topological polar surface area (TPSA) is 24.9 Å². The molecule has 2 aromatic heterocycles. The summed E-state index contributed by atoms with van der Waals surface area (Å²) in [4.78, 5) is 5.04. The van der Waals surface area contributed by atoms with Gasteiger partial charge in [0.25, 0.3) is 13.4 Å². The summed E-state index contributed by atoms with van der Waals surface area (Å²) < 4.78 is 19.2. The van der Waals surface area contributed by atoms with Gasteiger partial charge in [0, 0.05) is 80.3 Å². The van der Waals surface area contributed by atoms with Gasteiger partial charge < -0.3 is 19.3 Å². The van der Waals surface area contributed by atoms with Crippen LogP contribution < -0.4 is 52.1 Å². The molecule has 62 heavy (non-hydrogen) atoms. The fourth-order valence-corrected chi connectivity index (χ4v) is 13.4. The Morgan fingerprint density at radius 2 is 0.984 bits per heavy atom. The summed E-state index contributed by atoms with van der Waals surface area (Å²) in [6, 6.07) is 66.7. The van der Waals surface area contributed by atoms with Gasteiger partial charge in [0.1, 0.15) is 23.0 Å². The predicted molar refractivity (Wildman–Crippen MR) is 264 cm³/mol. The summed E-state index contributed by atoms with van der Waals surface area (Å²) in [7, 11) is 0. The SMILES string of the molecule is c1ccc(N2c3ccccc3B3c4cc5c(cc4N(c4ccccc4)c4c3c2cc2sc3ccccc3c42)Oc2cc3sc4ccccc4c3c3c2B5c2ccccc2O3)cc1. The first-order chi connectivity index (χ1) is 30.8. The molecule has 4 aliphatic rings. The van der Waals surface area contributed by atoms with Crippen molar-refractivity contribution in [3.05, 3.63) is 182 Å². The largest absolute Gasteiger partial charge is 0.458 e.